The number of sulfonamides is 1. The van der Waals surface area contributed by atoms with Gasteiger partial charge < -0.3 is 10.6 Å². The molecule has 1 fully saturated rings. The quantitative estimate of drug-likeness (QED) is 0.535. The maximum atomic E-state index is 12.1. The zero-order valence-corrected chi connectivity index (χ0v) is 16.7. The summed E-state index contributed by atoms with van der Waals surface area (Å²) in [4.78, 5) is 23.8. The molecule has 9 heteroatoms. The average Bonchev–Trinajstić information content (AvgIpc) is 2.65. The van der Waals surface area contributed by atoms with Crippen LogP contribution in [0.25, 0.3) is 0 Å². The van der Waals surface area contributed by atoms with E-state index in [2.05, 4.69) is 15.4 Å². The molecular weight excluding hydrogens is 390 g/mol. The summed E-state index contributed by atoms with van der Waals surface area (Å²) < 4.78 is 26.6. The normalized spacial score (nSPS) is 15.3. The number of amides is 2. The van der Waals surface area contributed by atoms with E-state index in [4.69, 9.17) is 11.6 Å². The van der Waals surface area contributed by atoms with Gasteiger partial charge in [0.2, 0.25) is 21.8 Å². The van der Waals surface area contributed by atoms with Crippen LogP contribution >= 0.6 is 11.6 Å². The Morgan fingerprint density at radius 2 is 1.74 bits per heavy atom. The zero-order chi connectivity index (χ0) is 19.7. The van der Waals surface area contributed by atoms with Crippen molar-refractivity contribution >= 4 is 33.4 Å². The van der Waals surface area contributed by atoms with Gasteiger partial charge in [-0.3, -0.25) is 9.59 Å². The van der Waals surface area contributed by atoms with E-state index >= 15 is 0 Å². The number of halogens is 1. The SMILES string of the molecule is O=C(CCNS(=O)(=O)c1cccc(Cl)c1)NCCNC(=O)C1CCCCC1. The van der Waals surface area contributed by atoms with Crippen molar-refractivity contribution in [2.75, 3.05) is 19.6 Å². The van der Waals surface area contributed by atoms with Crippen LogP contribution in [0.2, 0.25) is 5.02 Å². The smallest absolute Gasteiger partial charge is 0.240 e. The standard InChI is InChI=1S/C18H26ClN3O4S/c19-15-7-4-8-16(13-15)27(25,26)22-10-9-17(23)20-11-12-21-18(24)14-5-2-1-3-6-14/h4,7-8,13-14,22H,1-3,5-6,9-12H2,(H,20,23)(H,21,24). The number of hydrogen-bond acceptors (Lipinski definition) is 4. The lowest BCUT2D eigenvalue weighted by molar-refractivity contribution is -0.126. The Balaban J connectivity index is 1.61. The van der Waals surface area contributed by atoms with Crippen LogP contribution in [0.1, 0.15) is 38.5 Å². The van der Waals surface area contributed by atoms with Crippen molar-refractivity contribution in [3.63, 3.8) is 0 Å². The third kappa shape index (κ3) is 7.48. The molecule has 1 aliphatic rings. The molecule has 0 heterocycles. The summed E-state index contributed by atoms with van der Waals surface area (Å²) in [6, 6.07) is 5.91. The first kappa shape index (κ1) is 21.7. The molecule has 1 aromatic carbocycles. The second kappa shape index (κ2) is 10.6. The van der Waals surface area contributed by atoms with E-state index in [1.54, 1.807) is 12.1 Å². The van der Waals surface area contributed by atoms with Gasteiger partial charge in [-0.2, -0.15) is 0 Å². The molecule has 0 saturated heterocycles. The minimum absolute atomic E-state index is 0.0103. The predicted molar refractivity (Wildman–Crippen MR) is 104 cm³/mol. The fourth-order valence-electron chi connectivity index (χ4n) is 3.00. The molecule has 0 unspecified atom stereocenters. The summed E-state index contributed by atoms with van der Waals surface area (Å²) in [7, 11) is -3.70. The van der Waals surface area contributed by atoms with Crippen molar-refractivity contribution < 1.29 is 18.0 Å². The number of hydrogen-bond donors (Lipinski definition) is 3. The molecule has 0 aliphatic heterocycles. The Bertz CT molecular complexity index is 749. The van der Waals surface area contributed by atoms with Gasteiger partial charge in [-0.25, -0.2) is 13.1 Å². The van der Waals surface area contributed by atoms with Crippen LogP contribution in [-0.4, -0.2) is 39.9 Å². The summed E-state index contributed by atoms with van der Waals surface area (Å²) >= 11 is 5.79. The highest BCUT2D eigenvalue weighted by atomic mass is 35.5. The summed E-state index contributed by atoms with van der Waals surface area (Å²) in [6.07, 6.45) is 5.27. The first-order valence-corrected chi connectivity index (χ1v) is 11.0. The van der Waals surface area contributed by atoms with Gasteiger partial charge in [0.1, 0.15) is 0 Å². The third-order valence-electron chi connectivity index (χ3n) is 4.47. The molecule has 1 aliphatic carbocycles. The van der Waals surface area contributed by atoms with Crippen molar-refractivity contribution in [3.05, 3.63) is 29.3 Å². The van der Waals surface area contributed by atoms with Crippen LogP contribution in [0.5, 0.6) is 0 Å². The predicted octanol–water partition coefficient (Wildman–Crippen LogP) is 1.82. The minimum Gasteiger partial charge on any atom is -0.354 e. The van der Waals surface area contributed by atoms with Crippen molar-refractivity contribution in [3.8, 4) is 0 Å². The Kier molecular flexibility index (Phi) is 8.53. The van der Waals surface area contributed by atoms with Gasteiger partial charge in [0, 0.05) is 37.0 Å². The van der Waals surface area contributed by atoms with Gasteiger partial charge in [-0.05, 0) is 31.0 Å². The Morgan fingerprint density at radius 1 is 1.04 bits per heavy atom. The highest BCUT2D eigenvalue weighted by Gasteiger charge is 2.20. The highest BCUT2D eigenvalue weighted by Crippen LogP contribution is 2.23. The molecule has 0 bridgehead atoms. The van der Waals surface area contributed by atoms with Gasteiger partial charge in [0.15, 0.2) is 0 Å². The van der Waals surface area contributed by atoms with Crippen molar-refractivity contribution in [1.29, 1.82) is 0 Å². The lowest BCUT2D eigenvalue weighted by Crippen LogP contribution is -2.38. The average molecular weight is 416 g/mol. The van der Waals surface area contributed by atoms with E-state index in [9.17, 15) is 18.0 Å². The molecule has 2 amide bonds. The van der Waals surface area contributed by atoms with Gasteiger partial charge in [-0.15, -0.1) is 0 Å². The monoisotopic (exact) mass is 415 g/mol. The fourth-order valence-corrected chi connectivity index (χ4v) is 4.33. The molecule has 27 heavy (non-hydrogen) atoms. The van der Waals surface area contributed by atoms with Crippen LogP contribution in [0, 0.1) is 5.92 Å². The largest absolute Gasteiger partial charge is 0.354 e. The summed E-state index contributed by atoms with van der Waals surface area (Å²) in [5.41, 5.74) is 0. The van der Waals surface area contributed by atoms with Gasteiger partial charge in [0.25, 0.3) is 0 Å². The summed E-state index contributed by atoms with van der Waals surface area (Å²) in [6.45, 7) is 0.669. The molecule has 0 spiro atoms. The summed E-state index contributed by atoms with van der Waals surface area (Å²) in [5, 5.41) is 5.83. The maximum absolute atomic E-state index is 12.1. The summed E-state index contributed by atoms with van der Waals surface area (Å²) in [5.74, 6) is -0.135. The van der Waals surface area contributed by atoms with Crippen LogP contribution in [-0.2, 0) is 19.6 Å². The van der Waals surface area contributed by atoms with E-state index in [1.807, 2.05) is 0 Å². The molecule has 0 aromatic heterocycles. The third-order valence-corrected chi connectivity index (χ3v) is 6.17. The number of carbonyl (C=O) groups is 2. The van der Waals surface area contributed by atoms with Gasteiger partial charge in [0.05, 0.1) is 4.90 Å². The van der Waals surface area contributed by atoms with Crippen molar-refractivity contribution in [2.45, 2.75) is 43.4 Å². The minimum atomic E-state index is -3.70. The molecule has 7 nitrogen and oxygen atoms in total. The molecule has 0 radical (unpaired) electrons. The van der Waals surface area contributed by atoms with Crippen LogP contribution in [0.4, 0.5) is 0 Å². The van der Waals surface area contributed by atoms with Crippen molar-refractivity contribution in [1.82, 2.24) is 15.4 Å². The topological polar surface area (TPSA) is 104 Å². The van der Waals surface area contributed by atoms with Crippen molar-refractivity contribution in [2.24, 2.45) is 5.92 Å². The molecule has 1 aromatic rings. The maximum Gasteiger partial charge on any atom is 0.240 e. The molecule has 150 valence electrons. The molecule has 2 rings (SSSR count). The van der Waals surface area contributed by atoms with E-state index in [-0.39, 0.29) is 35.6 Å². The molecule has 0 atom stereocenters. The van der Waals surface area contributed by atoms with E-state index in [0.717, 1.165) is 25.7 Å². The number of benzene rings is 1. The molecule has 3 N–H and O–H groups in total. The first-order chi connectivity index (χ1) is 12.9. The fraction of sp³-hybridized carbons (Fsp3) is 0.556. The Morgan fingerprint density at radius 3 is 2.44 bits per heavy atom. The zero-order valence-electron chi connectivity index (χ0n) is 15.2. The van der Waals surface area contributed by atoms with E-state index in [0.29, 0.717) is 18.1 Å². The lowest BCUT2D eigenvalue weighted by atomic mass is 9.89. The first-order valence-electron chi connectivity index (χ1n) is 9.18. The van der Waals surface area contributed by atoms with Gasteiger partial charge >= 0.3 is 0 Å². The number of carbonyl (C=O) groups excluding carboxylic acids is 2. The van der Waals surface area contributed by atoms with Crippen LogP contribution < -0.4 is 15.4 Å². The second-order valence-electron chi connectivity index (χ2n) is 6.58. The van der Waals surface area contributed by atoms with Gasteiger partial charge in [-0.1, -0.05) is 36.9 Å². The highest BCUT2D eigenvalue weighted by molar-refractivity contribution is 7.89. The van der Waals surface area contributed by atoms with E-state index in [1.165, 1.54) is 18.6 Å². The molecular formula is C18H26ClN3O4S. The number of rotatable bonds is 9. The van der Waals surface area contributed by atoms with Crippen LogP contribution in [0.3, 0.4) is 0 Å². The Labute approximate surface area is 165 Å². The Hall–Kier alpha value is -1.64. The second-order valence-corrected chi connectivity index (χ2v) is 8.78. The van der Waals surface area contributed by atoms with E-state index < -0.39 is 10.0 Å². The molecule has 1 saturated carbocycles. The lowest BCUT2D eigenvalue weighted by Gasteiger charge is -2.20. The number of nitrogens with one attached hydrogen (secondary N) is 3. The van der Waals surface area contributed by atoms with Crippen LogP contribution in [0.15, 0.2) is 29.2 Å².